The first kappa shape index (κ1) is 15.2. The van der Waals surface area contributed by atoms with E-state index in [1.165, 1.54) is 16.5 Å². The Hall–Kier alpha value is -2.38. The molecule has 1 aromatic carbocycles. The fourth-order valence-electron chi connectivity index (χ4n) is 3.22. The van der Waals surface area contributed by atoms with Gasteiger partial charge < -0.3 is 25.1 Å². The molecule has 0 unspecified atom stereocenters. The fourth-order valence-corrected chi connectivity index (χ4v) is 3.47. The summed E-state index contributed by atoms with van der Waals surface area (Å²) < 4.78 is 2.17. The van der Waals surface area contributed by atoms with Gasteiger partial charge in [-0.3, -0.25) is 0 Å². The molecule has 0 atom stereocenters. The molecule has 0 spiro atoms. The summed E-state index contributed by atoms with van der Waals surface area (Å²) in [5.74, 6) is 0.936. The number of aromatic nitrogens is 3. The topological polar surface area (TPSA) is 60.9 Å². The van der Waals surface area contributed by atoms with Gasteiger partial charge >= 0.3 is 0 Å². The molecule has 4 rings (SSSR count). The molecule has 0 amide bonds. The van der Waals surface area contributed by atoms with Crippen LogP contribution in [0.25, 0.3) is 10.9 Å². The summed E-state index contributed by atoms with van der Waals surface area (Å²) in [6.45, 7) is 3.17. The number of nitrogens with zero attached hydrogens (tertiary/aromatic N) is 3. The molecular formula is C17H20N6S. The zero-order chi connectivity index (χ0) is 16.5. The van der Waals surface area contributed by atoms with Gasteiger partial charge in [0.25, 0.3) is 0 Å². The van der Waals surface area contributed by atoms with Crippen LogP contribution in [-0.2, 0) is 20.1 Å². The summed E-state index contributed by atoms with van der Waals surface area (Å²) >= 11 is 5.41. The number of aromatic amines is 1. The van der Waals surface area contributed by atoms with E-state index in [9.17, 15) is 0 Å². The van der Waals surface area contributed by atoms with Crippen LogP contribution in [0.3, 0.4) is 0 Å². The molecule has 0 saturated heterocycles. The van der Waals surface area contributed by atoms with Crippen LogP contribution >= 0.6 is 12.2 Å². The smallest absolute Gasteiger partial charge is 0.175 e. The summed E-state index contributed by atoms with van der Waals surface area (Å²) in [5.41, 5.74) is 3.66. The minimum absolute atomic E-state index is 0.716. The first-order chi connectivity index (χ1) is 11.7. The molecule has 3 N–H and O–H groups in total. The number of aryl methyl sites for hydroxylation is 1. The number of benzene rings is 1. The van der Waals surface area contributed by atoms with E-state index in [4.69, 9.17) is 12.2 Å². The number of thiocarbonyl (C=S) groups is 1. The van der Waals surface area contributed by atoms with Crippen LogP contribution in [0.15, 0.2) is 36.8 Å². The highest BCUT2D eigenvalue weighted by Crippen LogP contribution is 2.21. The van der Waals surface area contributed by atoms with Gasteiger partial charge in [0.15, 0.2) is 10.9 Å². The molecule has 3 heterocycles. The third-order valence-corrected chi connectivity index (χ3v) is 4.78. The van der Waals surface area contributed by atoms with Crippen molar-refractivity contribution in [2.24, 2.45) is 7.05 Å². The molecule has 1 aliphatic heterocycles. The molecule has 1 aliphatic rings. The number of H-pyrrole nitrogens is 1. The molecule has 2 aromatic heterocycles. The van der Waals surface area contributed by atoms with Crippen LogP contribution in [0.1, 0.15) is 11.3 Å². The Bertz CT molecular complexity index is 880. The van der Waals surface area contributed by atoms with Gasteiger partial charge in [0, 0.05) is 43.8 Å². The molecule has 0 aliphatic carbocycles. The Kier molecular flexibility index (Phi) is 3.95. The monoisotopic (exact) mass is 340 g/mol. The lowest BCUT2D eigenvalue weighted by molar-refractivity contribution is 0.681. The average molecular weight is 340 g/mol. The van der Waals surface area contributed by atoms with Crippen LogP contribution < -0.4 is 15.5 Å². The van der Waals surface area contributed by atoms with E-state index in [1.54, 1.807) is 6.33 Å². The van der Waals surface area contributed by atoms with Crippen molar-refractivity contribution in [2.75, 3.05) is 18.0 Å². The molecule has 3 aromatic rings. The molecule has 124 valence electrons. The van der Waals surface area contributed by atoms with E-state index < -0.39 is 0 Å². The van der Waals surface area contributed by atoms with E-state index in [-0.39, 0.29) is 0 Å². The highest BCUT2D eigenvalue weighted by Gasteiger charge is 2.22. The Labute approximate surface area is 145 Å². The number of para-hydroxylation sites is 1. The van der Waals surface area contributed by atoms with E-state index in [0.717, 1.165) is 36.3 Å². The SMILES string of the molecule is Cn1cc(CNCCN2C(=S)NCc3[nH]cnc32)c2ccccc21. The Balaban J connectivity index is 1.39. The minimum atomic E-state index is 0.716. The molecular weight excluding hydrogens is 320 g/mol. The predicted octanol–water partition coefficient (Wildman–Crippen LogP) is 1.89. The second kappa shape index (κ2) is 6.26. The standard InChI is InChI=1S/C17H20N6S/c1-22-10-12(13-4-2-3-5-15(13)22)8-18-6-7-23-16-14(20-11-21-16)9-19-17(23)24/h2-5,10-11,18H,6-9H2,1H3,(H,19,24)(H,20,21). The minimum Gasteiger partial charge on any atom is -0.357 e. The first-order valence-electron chi connectivity index (χ1n) is 8.05. The fraction of sp³-hybridized carbons (Fsp3) is 0.294. The lowest BCUT2D eigenvalue weighted by Gasteiger charge is -2.29. The van der Waals surface area contributed by atoms with Gasteiger partial charge in [-0.15, -0.1) is 0 Å². The van der Waals surface area contributed by atoms with E-state index in [2.05, 4.69) is 62.7 Å². The Morgan fingerprint density at radius 3 is 3.12 bits per heavy atom. The number of anilines is 1. The van der Waals surface area contributed by atoms with Crippen LogP contribution in [0.5, 0.6) is 0 Å². The summed E-state index contributed by atoms with van der Waals surface area (Å²) in [4.78, 5) is 9.57. The van der Waals surface area contributed by atoms with Crippen LogP contribution in [-0.4, -0.2) is 32.7 Å². The third kappa shape index (κ3) is 2.65. The van der Waals surface area contributed by atoms with Crippen molar-refractivity contribution in [3.8, 4) is 0 Å². The van der Waals surface area contributed by atoms with Gasteiger partial charge in [-0.2, -0.15) is 0 Å². The maximum Gasteiger partial charge on any atom is 0.175 e. The molecule has 0 fully saturated rings. The second-order valence-electron chi connectivity index (χ2n) is 5.97. The lowest BCUT2D eigenvalue weighted by atomic mass is 10.2. The summed E-state index contributed by atoms with van der Waals surface area (Å²) in [6, 6.07) is 8.48. The Morgan fingerprint density at radius 2 is 2.21 bits per heavy atom. The molecule has 7 heteroatoms. The molecule has 0 radical (unpaired) electrons. The van der Waals surface area contributed by atoms with Crippen molar-refractivity contribution < 1.29 is 0 Å². The lowest BCUT2D eigenvalue weighted by Crippen LogP contribution is -2.46. The number of nitrogens with one attached hydrogen (secondary N) is 3. The number of rotatable bonds is 5. The molecule has 0 saturated carbocycles. The Morgan fingerprint density at radius 1 is 1.33 bits per heavy atom. The zero-order valence-electron chi connectivity index (χ0n) is 13.5. The molecule has 6 nitrogen and oxygen atoms in total. The summed E-state index contributed by atoms with van der Waals surface area (Å²) in [7, 11) is 2.09. The summed E-state index contributed by atoms with van der Waals surface area (Å²) in [5, 5.41) is 8.77. The number of hydrogen-bond acceptors (Lipinski definition) is 3. The third-order valence-electron chi connectivity index (χ3n) is 4.42. The van der Waals surface area contributed by atoms with Gasteiger partial charge in [-0.05, 0) is 23.8 Å². The maximum absolute atomic E-state index is 5.41. The van der Waals surface area contributed by atoms with E-state index in [1.807, 2.05) is 4.90 Å². The van der Waals surface area contributed by atoms with Gasteiger partial charge in [-0.1, -0.05) is 18.2 Å². The van der Waals surface area contributed by atoms with Crippen molar-refractivity contribution in [3.63, 3.8) is 0 Å². The second-order valence-corrected chi connectivity index (χ2v) is 6.36. The van der Waals surface area contributed by atoms with Crippen LogP contribution in [0.4, 0.5) is 5.82 Å². The van der Waals surface area contributed by atoms with Crippen molar-refractivity contribution >= 4 is 34.1 Å². The number of hydrogen-bond donors (Lipinski definition) is 3. The van der Waals surface area contributed by atoms with E-state index >= 15 is 0 Å². The van der Waals surface area contributed by atoms with E-state index in [0.29, 0.717) is 6.54 Å². The quantitative estimate of drug-likeness (QED) is 0.489. The van der Waals surface area contributed by atoms with Crippen molar-refractivity contribution in [1.29, 1.82) is 0 Å². The maximum atomic E-state index is 5.41. The zero-order valence-corrected chi connectivity index (χ0v) is 14.4. The van der Waals surface area contributed by atoms with Gasteiger partial charge in [0.05, 0.1) is 18.6 Å². The highest BCUT2D eigenvalue weighted by molar-refractivity contribution is 7.80. The summed E-state index contributed by atoms with van der Waals surface area (Å²) in [6.07, 6.45) is 3.91. The van der Waals surface area contributed by atoms with Crippen molar-refractivity contribution in [3.05, 3.63) is 48.0 Å². The predicted molar refractivity (Wildman–Crippen MR) is 100.0 cm³/mol. The van der Waals surface area contributed by atoms with Crippen molar-refractivity contribution in [1.82, 2.24) is 25.2 Å². The van der Waals surface area contributed by atoms with Gasteiger partial charge in [0.1, 0.15) is 0 Å². The van der Waals surface area contributed by atoms with Gasteiger partial charge in [0.2, 0.25) is 0 Å². The van der Waals surface area contributed by atoms with Crippen LogP contribution in [0, 0.1) is 0 Å². The molecule has 24 heavy (non-hydrogen) atoms. The average Bonchev–Trinajstić information content (AvgIpc) is 3.19. The van der Waals surface area contributed by atoms with Crippen molar-refractivity contribution in [2.45, 2.75) is 13.1 Å². The molecule has 0 bridgehead atoms. The largest absolute Gasteiger partial charge is 0.357 e. The number of fused-ring (bicyclic) bond motifs is 2. The van der Waals surface area contributed by atoms with Crippen LogP contribution in [0.2, 0.25) is 0 Å². The normalized spacial score (nSPS) is 14.0. The van der Waals surface area contributed by atoms with Gasteiger partial charge in [-0.25, -0.2) is 4.98 Å². The number of imidazole rings is 1. The first-order valence-corrected chi connectivity index (χ1v) is 8.46. The highest BCUT2D eigenvalue weighted by atomic mass is 32.1.